The molecule has 4 heterocycles. The first-order valence-electron chi connectivity index (χ1n) is 8.66. The minimum Gasteiger partial charge on any atom is -0.309 e. The second-order valence-corrected chi connectivity index (χ2v) is 6.09. The van der Waals surface area contributed by atoms with Crippen molar-refractivity contribution in [3.8, 4) is 11.3 Å². The average molecular weight is 348 g/mol. The predicted octanol–water partition coefficient (Wildman–Crippen LogP) is 3.01. The van der Waals surface area contributed by atoms with Gasteiger partial charge in [-0.2, -0.15) is 5.10 Å². The summed E-state index contributed by atoms with van der Waals surface area (Å²) >= 11 is 0. The summed E-state index contributed by atoms with van der Waals surface area (Å²) in [5, 5.41) is 15.9. The van der Waals surface area contributed by atoms with Crippen LogP contribution >= 0.6 is 0 Å². The van der Waals surface area contributed by atoms with Gasteiger partial charge in [-0.15, -0.1) is 10.2 Å². The van der Waals surface area contributed by atoms with E-state index in [1.807, 2.05) is 41.9 Å². The number of nitrogens with zero attached hydrogens (tertiary/aromatic N) is 7. The summed E-state index contributed by atoms with van der Waals surface area (Å²) in [5.74, 6) is 2.35. The van der Waals surface area contributed by atoms with Gasteiger partial charge < -0.3 is 5.32 Å². The van der Waals surface area contributed by atoms with Gasteiger partial charge in [-0.3, -0.25) is 9.08 Å². The summed E-state index contributed by atoms with van der Waals surface area (Å²) in [6, 6.07) is 7.78. The molecular formula is C18H20N8. The monoisotopic (exact) mass is 348 g/mol. The Morgan fingerprint density at radius 1 is 1.12 bits per heavy atom. The largest absolute Gasteiger partial charge is 0.309 e. The van der Waals surface area contributed by atoms with E-state index in [-0.39, 0.29) is 0 Å². The van der Waals surface area contributed by atoms with E-state index in [2.05, 4.69) is 37.5 Å². The Labute approximate surface area is 150 Å². The highest BCUT2D eigenvalue weighted by Gasteiger charge is 2.09. The SMILES string of the molecule is CCCCc1nnc2cc(-c3ccnc(Nc4ccnn4C)n3)ccn12. The van der Waals surface area contributed by atoms with E-state index >= 15 is 0 Å². The molecule has 0 bridgehead atoms. The third kappa shape index (κ3) is 3.13. The fourth-order valence-corrected chi connectivity index (χ4v) is 2.80. The third-order valence-electron chi connectivity index (χ3n) is 4.25. The van der Waals surface area contributed by atoms with Crippen molar-refractivity contribution < 1.29 is 0 Å². The van der Waals surface area contributed by atoms with E-state index in [0.717, 1.165) is 47.8 Å². The lowest BCUT2D eigenvalue weighted by molar-refractivity contribution is 0.743. The quantitative estimate of drug-likeness (QED) is 0.576. The van der Waals surface area contributed by atoms with Crippen LogP contribution in [0.3, 0.4) is 0 Å². The molecule has 0 atom stereocenters. The second kappa shape index (κ2) is 6.91. The van der Waals surface area contributed by atoms with Crippen LogP contribution in [0, 0.1) is 0 Å². The number of anilines is 2. The van der Waals surface area contributed by atoms with Crippen molar-refractivity contribution >= 4 is 17.4 Å². The molecule has 4 aromatic heterocycles. The van der Waals surface area contributed by atoms with Gasteiger partial charge in [0.2, 0.25) is 5.95 Å². The number of unbranched alkanes of at least 4 members (excludes halogenated alkanes) is 1. The molecule has 0 radical (unpaired) electrons. The van der Waals surface area contributed by atoms with Crippen LogP contribution in [0.25, 0.3) is 16.9 Å². The summed E-state index contributed by atoms with van der Waals surface area (Å²) in [7, 11) is 1.86. The molecule has 0 saturated carbocycles. The van der Waals surface area contributed by atoms with Crippen LogP contribution in [0.2, 0.25) is 0 Å². The van der Waals surface area contributed by atoms with E-state index in [1.54, 1.807) is 17.1 Å². The Balaban J connectivity index is 1.63. The van der Waals surface area contributed by atoms with E-state index in [4.69, 9.17) is 0 Å². The molecule has 1 N–H and O–H groups in total. The lowest BCUT2D eigenvalue weighted by Gasteiger charge is -2.07. The Hall–Kier alpha value is -3.29. The van der Waals surface area contributed by atoms with Crippen LogP contribution in [-0.4, -0.2) is 34.3 Å². The zero-order valence-corrected chi connectivity index (χ0v) is 14.8. The average Bonchev–Trinajstić information content (AvgIpc) is 3.26. The molecule has 0 spiro atoms. The molecule has 26 heavy (non-hydrogen) atoms. The van der Waals surface area contributed by atoms with E-state index in [1.165, 1.54) is 0 Å². The lowest BCUT2D eigenvalue weighted by Crippen LogP contribution is -2.03. The van der Waals surface area contributed by atoms with Gasteiger partial charge in [0.25, 0.3) is 0 Å². The van der Waals surface area contributed by atoms with Gasteiger partial charge in [0.05, 0.1) is 11.9 Å². The smallest absolute Gasteiger partial charge is 0.228 e. The van der Waals surface area contributed by atoms with Gasteiger partial charge in [-0.1, -0.05) is 13.3 Å². The maximum atomic E-state index is 4.60. The molecule has 8 heteroatoms. The van der Waals surface area contributed by atoms with Crippen LogP contribution in [0.5, 0.6) is 0 Å². The molecule has 0 aromatic carbocycles. The first kappa shape index (κ1) is 16.2. The normalized spacial score (nSPS) is 11.2. The predicted molar refractivity (Wildman–Crippen MR) is 99.1 cm³/mol. The van der Waals surface area contributed by atoms with Crippen molar-refractivity contribution in [1.29, 1.82) is 0 Å². The maximum Gasteiger partial charge on any atom is 0.228 e. The molecule has 132 valence electrons. The number of hydrogen-bond donors (Lipinski definition) is 1. The number of fused-ring (bicyclic) bond motifs is 1. The number of aromatic nitrogens is 7. The van der Waals surface area contributed by atoms with Crippen LogP contribution in [0.15, 0.2) is 42.9 Å². The molecule has 4 rings (SSSR count). The molecule has 0 saturated heterocycles. The van der Waals surface area contributed by atoms with Gasteiger partial charge in [-0.05, 0) is 24.6 Å². The van der Waals surface area contributed by atoms with Crippen molar-refractivity contribution in [3.63, 3.8) is 0 Å². The highest BCUT2D eigenvalue weighted by atomic mass is 15.3. The highest BCUT2D eigenvalue weighted by Crippen LogP contribution is 2.21. The Kier molecular flexibility index (Phi) is 4.30. The highest BCUT2D eigenvalue weighted by molar-refractivity contribution is 5.65. The van der Waals surface area contributed by atoms with Crippen molar-refractivity contribution in [3.05, 3.63) is 48.7 Å². The zero-order valence-electron chi connectivity index (χ0n) is 14.8. The van der Waals surface area contributed by atoms with Crippen molar-refractivity contribution in [2.75, 3.05) is 5.32 Å². The molecule has 0 aliphatic rings. The van der Waals surface area contributed by atoms with Crippen LogP contribution in [0.1, 0.15) is 25.6 Å². The fraction of sp³-hybridized carbons (Fsp3) is 0.278. The van der Waals surface area contributed by atoms with Gasteiger partial charge >= 0.3 is 0 Å². The molecule has 0 aliphatic carbocycles. The van der Waals surface area contributed by atoms with Crippen LogP contribution in [0.4, 0.5) is 11.8 Å². The first-order chi connectivity index (χ1) is 12.7. The van der Waals surface area contributed by atoms with E-state index < -0.39 is 0 Å². The molecular weight excluding hydrogens is 328 g/mol. The number of rotatable bonds is 6. The fourth-order valence-electron chi connectivity index (χ4n) is 2.80. The van der Waals surface area contributed by atoms with Crippen molar-refractivity contribution in [1.82, 2.24) is 34.3 Å². The third-order valence-corrected chi connectivity index (χ3v) is 4.25. The number of nitrogens with one attached hydrogen (secondary N) is 1. The first-order valence-corrected chi connectivity index (χ1v) is 8.66. The van der Waals surface area contributed by atoms with Gasteiger partial charge in [-0.25, -0.2) is 9.97 Å². The van der Waals surface area contributed by atoms with E-state index in [9.17, 15) is 0 Å². The number of hydrogen-bond acceptors (Lipinski definition) is 6. The minimum atomic E-state index is 0.524. The van der Waals surface area contributed by atoms with Crippen molar-refractivity contribution in [2.24, 2.45) is 7.05 Å². The Morgan fingerprint density at radius 3 is 2.85 bits per heavy atom. The van der Waals surface area contributed by atoms with Crippen LogP contribution < -0.4 is 5.32 Å². The Morgan fingerprint density at radius 2 is 2.04 bits per heavy atom. The van der Waals surface area contributed by atoms with Gasteiger partial charge in [0.15, 0.2) is 5.65 Å². The molecule has 4 aromatic rings. The number of pyridine rings is 1. The summed E-state index contributed by atoms with van der Waals surface area (Å²) in [5.41, 5.74) is 2.63. The zero-order chi connectivity index (χ0) is 17.9. The maximum absolute atomic E-state index is 4.60. The second-order valence-electron chi connectivity index (χ2n) is 6.09. The summed E-state index contributed by atoms with van der Waals surface area (Å²) in [6.07, 6.45) is 8.65. The van der Waals surface area contributed by atoms with E-state index in [0.29, 0.717) is 5.95 Å². The van der Waals surface area contributed by atoms with Gasteiger partial charge in [0, 0.05) is 37.5 Å². The molecule has 0 fully saturated rings. The van der Waals surface area contributed by atoms with Crippen molar-refractivity contribution in [2.45, 2.75) is 26.2 Å². The summed E-state index contributed by atoms with van der Waals surface area (Å²) < 4.78 is 3.77. The number of aryl methyl sites for hydroxylation is 2. The Bertz CT molecular complexity index is 1030. The topological polar surface area (TPSA) is 85.8 Å². The molecule has 0 unspecified atom stereocenters. The molecule has 0 aliphatic heterocycles. The summed E-state index contributed by atoms with van der Waals surface area (Å²) in [4.78, 5) is 8.89. The van der Waals surface area contributed by atoms with Gasteiger partial charge in [0.1, 0.15) is 11.6 Å². The van der Waals surface area contributed by atoms with Crippen LogP contribution in [-0.2, 0) is 13.5 Å². The standard InChI is InChI=1S/C18H20N8/c1-3-4-5-16-23-24-17-12-13(8-11-26(16)17)14-6-9-19-18(21-14)22-15-7-10-20-25(15)2/h6-12H,3-5H2,1-2H3,(H,19,21,22). The molecule has 8 nitrogen and oxygen atoms in total. The lowest BCUT2D eigenvalue weighted by atomic mass is 10.2. The molecule has 0 amide bonds. The summed E-state index contributed by atoms with van der Waals surface area (Å²) in [6.45, 7) is 2.17. The minimum absolute atomic E-state index is 0.524.